The maximum absolute atomic E-state index is 3.41. The van der Waals surface area contributed by atoms with Crippen molar-refractivity contribution in [3.05, 3.63) is 23.3 Å². The topological polar surface area (TPSA) is 0 Å². The Labute approximate surface area is 91.2 Å². The summed E-state index contributed by atoms with van der Waals surface area (Å²) in [4.78, 5) is 0. The third-order valence-electron chi connectivity index (χ3n) is 2.25. The second-order valence-corrected chi connectivity index (χ2v) is 4.15. The van der Waals surface area contributed by atoms with Crippen LogP contribution in [-0.4, -0.2) is 5.33 Å². The highest BCUT2D eigenvalue weighted by Crippen LogP contribution is 2.09. The molecule has 0 aromatic carbocycles. The van der Waals surface area contributed by atoms with Gasteiger partial charge in [0.05, 0.1) is 0 Å². The molecule has 0 aromatic rings. The molecule has 0 N–H and O–H groups in total. The van der Waals surface area contributed by atoms with Gasteiger partial charge in [-0.2, -0.15) is 0 Å². The fraction of sp³-hybridized carbons (Fsp3) is 0.667. The average molecular weight is 245 g/mol. The summed E-state index contributed by atoms with van der Waals surface area (Å²) in [7, 11) is 0. The van der Waals surface area contributed by atoms with Crippen molar-refractivity contribution in [3.8, 4) is 0 Å². The molecule has 0 fully saturated rings. The molecule has 0 spiro atoms. The molecule has 1 heteroatoms. The largest absolute Gasteiger partial charge is 0.0883 e. The second kappa shape index (κ2) is 8.55. The van der Waals surface area contributed by atoms with Crippen LogP contribution < -0.4 is 0 Å². The normalized spacial score (nSPS) is 13.5. The Morgan fingerprint density at radius 1 is 1.15 bits per heavy atom. The van der Waals surface area contributed by atoms with E-state index in [0.29, 0.717) is 0 Å². The summed E-state index contributed by atoms with van der Waals surface area (Å²) in [6.07, 6.45) is 9.55. The van der Waals surface area contributed by atoms with E-state index in [1.165, 1.54) is 36.8 Å². The monoisotopic (exact) mass is 244 g/mol. The lowest BCUT2D eigenvalue weighted by Gasteiger charge is -1.99. The van der Waals surface area contributed by atoms with Crippen LogP contribution >= 0.6 is 15.9 Å². The van der Waals surface area contributed by atoms with Gasteiger partial charge in [0, 0.05) is 5.33 Å². The molecule has 0 aliphatic rings. The zero-order chi connectivity index (χ0) is 10.1. The van der Waals surface area contributed by atoms with Gasteiger partial charge < -0.3 is 0 Å². The van der Waals surface area contributed by atoms with Gasteiger partial charge in [-0.1, -0.05) is 46.2 Å². The van der Waals surface area contributed by atoms with E-state index in [1.807, 2.05) is 0 Å². The summed E-state index contributed by atoms with van der Waals surface area (Å²) in [6.45, 7) is 6.63. The maximum atomic E-state index is 3.41. The number of halogens is 1. The number of rotatable bonds is 6. The van der Waals surface area contributed by atoms with E-state index >= 15 is 0 Å². The summed E-state index contributed by atoms with van der Waals surface area (Å²) in [5.74, 6) is 0. The molecule has 0 aliphatic carbocycles. The molecule has 0 radical (unpaired) electrons. The molecule has 0 rings (SSSR count). The Morgan fingerprint density at radius 3 is 2.38 bits per heavy atom. The van der Waals surface area contributed by atoms with Gasteiger partial charge in [0.1, 0.15) is 0 Å². The minimum absolute atomic E-state index is 0.989. The molecule has 0 nitrogen and oxygen atoms in total. The third-order valence-corrected chi connectivity index (χ3v) is 2.58. The summed E-state index contributed by atoms with van der Waals surface area (Å²) in [5, 5.41) is 0.989. The average Bonchev–Trinajstić information content (AvgIpc) is 2.12. The second-order valence-electron chi connectivity index (χ2n) is 3.50. The van der Waals surface area contributed by atoms with Crippen LogP contribution in [-0.2, 0) is 0 Å². The smallest absolute Gasteiger partial charge is 0.0214 e. The first kappa shape index (κ1) is 13.0. The Hall–Kier alpha value is -0.0400. The number of unbranched alkanes of at least 4 members (excludes halogenated alkanes) is 1. The van der Waals surface area contributed by atoms with Crippen LogP contribution in [0.15, 0.2) is 23.3 Å². The Morgan fingerprint density at radius 2 is 1.85 bits per heavy atom. The van der Waals surface area contributed by atoms with Gasteiger partial charge in [-0.25, -0.2) is 0 Å². The first-order valence-corrected chi connectivity index (χ1v) is 6.20. The van der Waals surface area contributed by atoms with E-state index in [1.54, 1.807) is 0 Å². The van der Waals surface area contributed by atoms with Crippen LogP contribution in [0.5, 0.6) is 0 Å². The lowest BCUT2D eigenvalue weighted by molar-refractivity contribution is 0.823. The molecule has 76 valence electrons. The highest BCUT2D eigenvalue weighted by molar-refractivity contribution is 9.09. The van der Waals surface area contributed by atoms with Crippen molar-refractivity contribution in [2.24, 2.45) is 0 Å². The molecular formula is C12H21Br. The third kappa shape index (κ3) is 8.29. The van der Waals surface area contributed by atoms with E-state index in [9.17, 15) is 0 Å². The van der Waals surface area contributed by atoms with E-state index in [0.717, 1.165) is 5.33 Å². The quantitative estimate of drug-likeness (QED) is 0.356. The maximum Gasteiger partial charge on any atom is 0.0214 e. The molecule has 0 atom stereocenters. The first-order chi connectivity index (χ1) is 6.20. The van der Waals surface area contributed by atoms with Gasteiger partial charge in [-0.3, -0.25) is 0 Å². The summed E-state index contributed by atoms with van der Waals surface area (Å²) < 4.78 is 0. The van der Waals surface area contributed by atoms with Crippen LogP contribution in [0.25, 0.3) is 0 Å². The van der Waals surface area contributed by atoms with Crippen LogP contribution in [0, 0.1) is 0 Å². The molecule has 0 aliphatic heterocycles. The van der Waals surface area contributed by atoms with Gasteiger partial charge in [0.15, 0.2) is 0 Å². The SMILES string of the molecule is CC/C(C)=C/CCC/C(C)=C/CBr. The minimum atomic E-state index is 0.989. The molecule has 0 bridgehead atoms. The standard InChI is InChI=1S/C12H21Br/c1-4-11(2)7-5-6-8-12(3)9-10-13/h7,9H,4-6,8,10H2,1-3H3/b11-7+,12-9+. The fourth-order valence-corrected chi connectivity index (χ4v) is 1.66. The molecule has 0 heterocycles. The Kier molecular flexibility index (Phi) is 8.53. The predicted molar refractivity (Wildman–Crippen MR) is 65.5 cm³/mol. The molecule has 0 unspecified atom stereocenters. The molecule has 13 heavy (non-hydrogen) atoms. The van der Waals surface area contributed by atoms with Gasteiger partial charge in [0.2, 0.25) is 0 Å². The van der Waals surface area contributed by atoms with E-state index in [4.69, 9.17) is 0 Å². The van der Waals surface area contributed by atoms with Crippen LogP contribution in [0.2, 0.25) is 0 Å². The highest BCUT2D eigenvalue weighted by atomic mass is 79.9. The lowest BCUT2D eigenvalue weighted by atomic mass is 10.1. The molecule has 0 aromatic heterocycles. The van der Waals surface area contributed by atoms with Crippen LogP contribution in [0.1, 0.15) is 46.5 Å². The fourth-order valence-electron chi connectivity index (χ4n) is 1.11. The number of allylic oxidation sites excluding steroid dienone is 4. The molecule has 0 saturated carbocycles. The van der Waals surface area contributed by atoms with Gasteiger partial charge in [-0.05, 0) is 39.5 Å². The van der Waals surface area contributed by atoms with Gasteiger partial charge in [-0.15, -0.1) is 0 Å². The van der Waals surface area contributed by atoms with Crippen molar-refractivity contribution < 1.29 is 0 Å². The number of alkyl halides is 1. The zero-order valence-corrected chi connectivity index (χ0v) is 10.7. The van der Waals surface area contributed by atoms with Crippen molar-refractivity contribution >= 4 is 15.9 Å². The first-order valence-electron chi connectivity index (χ1n) is 5.08. The van der Waals surface area contributed by atoms with Crippen molar-refractivity contribution in [2.45, 2.75) is 46.5 Å². The number of hydrogen-bond acceptors (Lipinski definition) is 0. The summed E-state index contributed by atoms with van der Waals surface area (Å²) in [6, 6.07) is 0. The van der Waals surface area contributed by atoms with E-state index in [-0.39, 0.29) is 0 Å². The minimum Gasteiger partial charge on any atom is -0.0883 e. The Balaban J connectivity index is 3.51. The highest BCUT2D eigenvalue weighted by Gasteiger charge is 1.89. The lowest BCUT2D eigenvalue weighted by Crippen LogP contribution is -1.80. The van der Waals surface area contributed by atoms with E-state index in [2.05, 4.69) is 48.9 Å². The zero-order valence-electron chi connectivity index (χ0n) is 9.07. The molecule has 0 saturated heterocycles. The van der Waals surface area contributed by atoms with Crippen LogP contribution in [0.4, 0.5) is 0 Å². The van der Waals surface area contributed by atoms with Crippen molar-refractivity contribution in [1.82, 2.24) is 0 Å². The molecular weight excluding hydrogens is 224 g/mol. The summed E-state index contributed by atoms with van der Waals surface area (Å²) in [5.41, 5.74) is 3.02. The van der Waals surface area contributed by atoms with E-state index < -0.39 is 0 Å². The van der Waals surface area contributed by atoms with Crippen LogP contribution in [0.3, 0.4) is 0 Å². The predicted octanol–water partition coefficient (Wildman–Crippen LogP) is 4.85. The van der Waals surface area contributed by atoms with Crippen molar-refractivity contribution in [3.63, 3.8) is 0 Å². The molecule has 0 amide bonds. The summed E-state index contributed by atoms with van der Waals surface area (Å²) >= 11 is 3.41. The number of hydrogen-bond donors (Lipinski definition) is 0. The Bertz CT molecular complexity index is 178. The van der Waals surface area contributed by atoms with Gasteiger partial charge in [0.25, 0.3) is 0 Å². The van der Waals surface area contributed by atoms with Crippen molar-refractivity contribution in [1.29, 1.82) is 0 Å². The van der Waals surface area contributed by atoms with Gasteiger partial charge >= 0.3 is 0 Å². The van der Waals surface area contributed by atoms with Crippen molar-refractivity contribution in [2.75, 3.05) is 5.33 Å².